The second kappa shape index (κ2) is 4.27. The molecule has 0 aromatic rings. The summed E-state index contributed by atoms with van der Waals surface area (Å²) in [6, 6.07) is 0. The highest BCUT2D eigenvalue weighted by Crippen LogP contribution is 2.16. The van der Waals surface area contributed by atoms with Gasteiger partial charge in [-0.3, -0.25) is 4.99 Å². The summed E-state index contributed by atoms with van der Waals surface area (Å²) in [6.45, 7) is 8.56. The van der Waals surface area contributed by atoms with Gasteiger partial charge in [-0.05, 0) is 30.1 Å². The Morgan fingerprint density at radius 3 is 2.36 bits per heavy atom. The molecule has 1 aliphatic heterocycles. The molecule has 2 nitrogen and oxygen atoms in total. The fraction of sp³-hybridized carbons (Fsp3) is 0.417. The summed E-state index contributed by atoms with van der Waals surface area (Å²) >= 11 is 0. The topological polar surface area (TPSA) is 24.4 Å². The smallest absolute Gasteiger partial charge is 0.0340 e. The predicted octanol–water partition coefficient (Wildman–Crippen LogP) is 3.01. The first-order valence-corrected chi connectivity index (χ1v) is 4.84. The summed E-state index contributed by atoms with van der Waals surface area (Å²) in [5.41, 5.74) is 2.41. The van der Waals surface area contributed by atoms with Gasteiger partial charge in [-0.2, -0.15) is 0 Å². The first-order valence-electron chi connectivity index (χ1n) is 4.84. The van der Waals surface area contributed by atoms with E-state index in [4.69, 9.17) is 0 Å². The summed E-state index contributed by atoms with van der Waals surface area (Å²) in [6.07, 6.45) is 9.69. The van der Waals surface area contributed by atoms with E-state index in [1.54, 1.807) is 0 Å². The minimum atomic E-state index is 0.150. The van der Waals surface area contributed by atoms with Crippen LogP contribution in [0.1, 0.15) is 27.7 Å². The molecule has 1 heterocycles. The minimum Gasteiger partial charge on any atom is -0.368 e. The lowest BCUT2D eigenvalue weighted by atomic mass is 9.91. The predicted molar refractivity (Wildman–Crippen MR) is 62.1 cm³/mol. The molecule has 0 fully saturated rings. The lowest BCUT2D eigenvalue weighted by molar-refractivity contribution is 0.588. The van der Waals surface area contributed by atoms with E-state index in [-0.39, 0.29) is 5.41 Å². The zero-order valence-corrected chi connectivity index (χ0v) is 9.33. The van der Waals surface area contributed by atoms with Crippen LogP contribution in [0.15, 0.2) is 41.3 Å². The number of rotatable bonds is 1. The molecular formula is C12H18N2. The number of dihydropyridines is 1. The molecule has 1 aliphatic rings. The van der Waals surface area contributed by atoms with Gasteiger partial charge in [0.05, 0.1) is 0 Å². The molecule has 0 bridgehead atoms. The lowest BCUT2D eigenvalue weighted by Crippen LogP contribution is -2.16. The summed E-state index contributed by atoms with van der Waals surface area (Å²) < 4.78 is 0. The van der Waals surface area contributed by atoms with Gasteiger partial charge in [0.1, 0.15) is 0 Å². The molecule has 0 spiro atoms. The summed E-state index contributed by atoms with van der Waals surface area (Å²) in [7, 11) is 0. The second-order valence-corrected chi connectivity index (χ2v) is 4.43. The van der Waals surface area contributed by atoms with Crippen LogP contribution in [0.5, 0.6) is 0 Å². The highest BCUT2D eigenvalue weighted by molar-refractivity contribution is 5.87. The van der Waals surface area contributed by atoms with E-state index in [2.05, 4.69) is 38.0 Å². The van der Waals surface area contributed by atoms with Gasteiger partial charge < -0.3 is 5.32 Å². The van der Waals surface area contributed by atoms with Crippen LogP contribution in [-0.4, -0.2) is 5.71 Å². The molecule has 0 radical (unpaired) electrons. The Morgan fingerprint density at radius 2 is 1.86 bits per heavy atom. The van der Waals surface area contributed by atoms with Crippen molar-refractivity contribution < 1.29 is 0 Å². The van der Waals surface area contributed by atoms with Crippen LogP contribution in [0.4, 0.5) is 0 Å². The van der Waals surface area contributed by atoms with Crippen molar-refractivity contribution in [1.29, 1.82) is 0 Å². The monoisotopic (exact) mass is 190 g/mol. The SMILES string of the molecule is CC(=NC=C1C=CNC=C1)C(C)(C)C. The maximum absolute atomic E-state index is 4.44. The molecule has 1 N–H and O–H groups in total. The van der Waals surface area contributed by atoms with Crippen molar-refractivity contribution in [3.8, 4) is 0 Å². The molecule has 0 aromatic heterocycles. The molecule has 0 amide bonds. The zero-order valence-electron chi connectivity index (χ0n) is 9.33. The van der Waals surface area contributed by atoms with E-state index < -0.39 is 0 Å². The Morgan fingerprint density at radius 1 is 1.29 bits per heavy atom. The Bertz CT molecular complexity index is 298. The maximum atomic E-state index is 4.44. The molecule has 0 saturated heterocycles. The van der Waals surface area contributed by atoms with E-state index in [9.17, 15) is 0 Å². The van der Waals surface area contributed by atoms with Crippen LogP contribution >= 0.6 is 0 Å². The number of nitrogens with zero attached hydrogens (tertiary/aromatic N) is 1. The van der Waals surface area contributed by atoms with Crippen molar-refractivity contribution >= 4 is 5.71 Å². The molecule has 0 saturated carbocycles. The fourth-order valence-electron chi connectivity index (χ4n) is 0.851. The van der Waals surface area contributed by atoms with Gasteiger partial charge in [-0.15, -0.1) is 0 Å². The first kappa shape index (κ1) is 10.8. The molecular weight excluding hydrogens is 172 g/mol. The molecule has 14 heavy (non-hydrogen) atoms. The molecule has 1 rings (SSSR count). The third-order valence-electron chi connectivity index (χ3n) is 2.24. The van der Waals surface area contributed by atoms with Crippen LogP contribution < -0.4 is 5.32 Å². The minimum absolute atomic E-state index is 0.150. The average Bonchev–Trinajstić information content (AvgIpc) is 2.14. The lowest BCUT2D eigenvalue weighted by Gasteiger charge is -2.17. The second-order valence-electron chi connectivity index (χ2n) is 4.43. The van der Waals surface area contributed by atoms with Gasteiger partial charge in [-0.25, -0.2) is 0 Å². The average molecular weight is 190 g/mol. The number of aliphatic imine (C=N–C) groups is 1. The fourth-order valence-corrected chi connectivity index (χ4v) is 0.851. The third-order valence-corrected chi connectivity index (χ3v) is 2.24. The van der Waals surface area contributed by atoms with Gasteiger partial charge in [0, 0.05) is 24.3 Å². The highest BCUT2D eigenvalue weighted by atomic mass is 14.8. The summed E-state index contributed by atoms with van der Waals surface area (Å²) in [4.78, 5) is 4.44. The Labute approximate surface area is 86.1 Å². The summed E-state index contributed by atoms with van der Waals surface area (Å²) in [5, 5.41) is 2.98. The van der Waals surface area contributed by atoms with Gasteiger partial charge in [0.25, 0.3) is 0 Å². The molecule has 2 heteroatoms. The first-order chi connectivity index (χ1) is 6.50. The standard InChI is InChI=1S/C12H18N2/c1-10(12(2,3)4)14-9-11-5-7-13-8-6-11/h5-9,13H,1-4H3. The van der Waals surface area contributed by atoms with Crippen molar-refractivity contribution in [1.82, 2.24) is 5.32 Å². The van der Waals surface area contributed by atoms with Crippen LogP contribution in [-0.2, 0) is 0 Å². The van der Waals surface area contributed by atoms with Crippen molar-refractivity contribution in [2.75, 3.05) is 0 Å². The Hall–Kier alpha value is -1.31. The molecule has 0 atom stereocenters. The molecule has 76 valence electrons. The van der Waals surface area contributed by atoms with E-state index in [0.29, 0.717) is 0 Å². The zero-order chi connectivity index (χ0) is 10.6. The summed E-state index contributed by atoms with van der Waals surface area (Å²) in [5.74, 6) is 0. The van der Waals surface area contributed by atoms with Crippen LogP contribution in [0.3, 0.4) is 0 Å². The van der Waals surface area contributed by atoms with Gasteiger partial charge >= 0.3 is 0 Å². The molecule has 0 aromatic carbocycles. The number of allylic oxidation sites excluding steroid dienone is 3. The Balaban J connectivity index is 2.74. The third kappa shape index (κ3) is 3.21. The maximum Gasteiger partial charge on any atom is 0.0340 e. The number of hydrogen-bond donors (Lipinski definition) is 1. The van der Waals surface area contributed by atoms with Crippen molar-refractivity contribution in [3.63, 3.8) is 0 Å². The van der Waals surface area contributed by atoms with Crippen LogP contribution in [0, 0.1) is 5.41 Å². The highest BCUT2D eigenvalue weighted by Gasteiger charge is 2.12. The van der Waals surface area contributed by atoms with E-state index in [0.717, 1.165) is 11.3 Å². The molecule has 0 unspecified atom stereocenters. The van der Waals surface area contributed by atoms with Gasteiger partial charge in [0.15, 0.2) is 0 Å². The van der Waals surface area contributed by atoms with Gasteiger partial charge in [0.2, 0.25) is 0 Å². The number of nitrogens with one attached hydrogen (secondary N) is 1. The van der Waals surface area contributed by atoms with Crippen molar-refractivity contribution in [2.45, 2.75) is 27.7 Å². The number of hydrogen-bond acceptors (Lipinski definition) is 2. The van der Waals surface area contributed by atoms with E-state index in [1.165, 1.54) is 0 Å². The van der Waals surface area contributed by atoms with Gasteiger partial charge in [-0.1, -0.05) is 20.8 Å². The Kier molecular flexibility index (Phi) is 3.28. The quantitative estimate of drug-likeness (QED) is 0.631. The van der Waals surface area contributed by atoms with E-state index >= 15 is 0 Å². The van der Waals surface area contributed by atoms with Crippen molar-refractivity contribution in [2.24, 2.45) is 10.4 Å². The van der Waals surface area contributed by atoms with Crippen LogP contribution in [0.25, 0.3) is 0 Å². The van der Waals surface area contributed by atoms with Crippen molar-refractivity contribution in [3.05, 3.63) is 36.3 Å². The largest absolute Gasteiger partial charge is 0.368 e. The van der Waals surface area contributed by atoms with Crippen LogP contribution in [0.2, 0.25) is 0 Å². The molecule has 0 aliphatic carbocycles. The normalized spacial score (nSPS) is 16.9. The van der Waals surface area contributed by atoms with E-state index in [1.807, 2.05) is 30.8 Å².